The van der Waals surface area contributed by atoms with Gasteiger partial charge >= 0.3 is 0 Å². The average molecular weight is 211 g/mol. The summed E-state index contributed by atoms with van der Waals surface area (Å²) in [6.45, 7) is 9.04. The van der Waals surface area contributed by atoms with Gasteiger partial charge in [-0.25, -0.2) is 0 Å². The monoisotopic (exact) mass is 211 g/mol. The number of rotatable bonds is 3. The highest BCUT2D eigenvalue weighted by molar-refractivity contribution is 4.95. The Hall–Kier alpha value is -0.630. The number of hydrogen-bond acceptors (Lipinski definition) is 4. The Bertz CT molecular complexity index is 238. The summed E-state index contributed by atoms with van der Waals surface area (Å²) >= 11 is 0. The number of aliphatic hydroxyl groups excluding tert-OH is 1. The lowest BCUT2D eigenvalue weighted by Crippen LogP contribution is -2.58. The minimum absolute atomic E-state index is 0.0151. The summed E-state index contributed by atoms with van der Waals surface area (Å²) in [7, 11) is 0. The highest BCUT2D eigenvalue weighted by Crippen LogP contribution is 2.17. The lowest BCUT2D eigenvalue weighted by Gasteiger charge is -2.45. The molecule has 1 N–H and O–H groups in total. The van der Waals surface area contributed by atoms with Crippen molar-refractivity contribution in [1.29, 1.82) is 5.26 Å². The van der Waals surface area contributed by atoms with Crippen LogP contribution >= 0.6 is 0 Å². The van der Waals surface area contributed by atoms with Crippen LogP contribution in [-0.4, -0.2) is 59.3 Å². The normalized spacial score (nSPS) is 31.1. The molecule has 0 unspecified atom stereocenters. The van der Waals surface area contributed by atoms with Crippen molar-refractivity contribution in [2.75, 3.05) is 26.2 Å². The number of β-amino-alcohol motifs (C(OH)–C–C–N with tert-alkyl or cyclic N) is 1. The van der Waals surface area contributed by atoms with Crippen LogP contribution in [0.5, 0.6) is 0 Å². The first kappa shape index (κ1) is 12.4. The quantitative estimate of drug-likeness (QED) is 0.729. The first-order chi connectivity index (χ1) is 7.10. The number of hydrogen-bond donors (Lipinski definition) is 1. The van der Waals surface area contributed by atoms with Crippen LogP contribution in [0.15, 0.2) is 0 Å². The average Bonchev–Trinajstić information content (AvgIpc) is 2.22. The molecule has 15 heavy (non-hydrogen) atoms. The Kier molecular flexibility index (Phi) is 4.52. The molecule has 4 nitrogen and oxygen atoms in total. The van der Waals surface area contributed by atoms with E-state index in [2.05, 4.69) is 29.7 Å². The van der Waals surface area contributed by atoms with E-state index in [9.17, 15) is 0 Å². The molecule has 1 rings (SSSR count). The van der Waals surface area contributed by atoms with E-state index in [4.69, 9.17) is 10.4 Å². The zero-order valence-electron chi connectivity index (χ0n) is 9.85. The fourth-order valence-electron chi connectivity index (χ4n) is 2.28. The van der Waals surface area contributed by atoms with Crippen molar-refractivity contribution in [3.63, 3.8) is 0 Å². The van der Waals surface area contributed by atoms with Crippen molar-refractivity contribution in [3.05, 3.63) is 0 Å². The van der Waals surface area contributed by atoms with E-state index in [0.29, 0.717) is 12.1 Å². The molecule has 0 spiro atoms. The molecule has 0 aromatic carbocycles. The maximum atomic E-state index is 8.94. The predicted molar refractivity (Wildman–Crippen MR) is 59.4 cm³/mol. The molecule has 0 aromatic heterocycles. The highest BCUT2D eigenvalue weighted by atomic mass is 16.3. The maximum Gasteiger partial charge on any atom is 0.0952 e. The fraction of sp³-hybridized carbons (Fsp3) is 0.909. The topological polar surface area (TPSA) is 50.5 Å². The van der Waals surface area contributed by atoms with Crippen molar-refractivity contribution in [2.24, 2.45) is 0 Å². The van der Waals surface area contributed by atoms with E-state index in [-0.39, 0.29) is 12.6 Å². The molecule has 3 atom stereocenters. The summed E-state index contributed by atoms with van der Waals surface area (Å²) in [5.41, 5.74) is 0. The van der Waals surface area contributed by atoms with Gasteiger partial charge in [0.15, 0.2) is 0 Å². The van der Waals surface area contributed by atoms with Crippen LogP contribution in [0.2, 0.25) is 0 Å². The van der Waals surface area contributed by atoms with Gasteiger partial charge in [0.2, 0.25) is 0 Å². The van der Waals surface area contributed by atoms with E-state index in [0.717, 1.165) is 19.6 Å². The molecule has 0 radical (unpaired) electrons. The minimum atomic E-state index is -0.0151. The molecule has 0 amide bonds. The molecule has 86 valence electrons. The van der Waals surface area contributed by atoms with Crippen LogP contribution in [0.1, 0.15) is 20.8 Å². The fourth-order valence-corrected chi connectivity index (χ4v) is 2.28. The molecular formula is C11H21N3O. The third-order valence-electron chi connectivity index (χ3n) is 3.23. The number of nitrogens with zero attached hydrogens (tertiary/aromatic N) is 3. The summed E-state index contributed by atoms with van der Waals surface area (Å²) in [4.78, 5) is 4.52. The standard InChI is InChI=1S/C11H21N3O/c1-9(6-12)14-8-10(2)13(4-5-15)7-11(14)3/h9-11,15H,4-5,7-8H2,1-3H3/t9-,10+,11+/m0/s1. The predicted octanol–water partition coefficient (Wildman–Crippen LogP) is 0.285. The van der Waals surface area contributed by atoms with E-state index in [1.165, 1.54) is 0 Å². The summed E-state index contributed by atoms with van der Waals surface area (Å²) < 4.78 is 0. The molecule has 1 fully saturated rings. The van der Waals surface area contributed by atoms with Gasteiger partial charge < -0.3 is 5.11 Å². The van der Waals surface area contributed by atoms with E-state index in [1.807, 2.05) is 6.92 Å². The highest BCUT2D eigenvalue weighted by Gasteiger charge is 2.31. The molecule has 0 bridgehead atoms. The second-order valence-electron chi connectivity index (χ2n) is 4.42. The molecule has 1 aliphatic heterocycles. The lowest BCUT2D eigenvalue weighted by molar-refractivity contribution is 0.0232. The molecule has 1 heterocycles. The van der Waals surface area contributed by atoms with Gasteiger partial charge in [0.1, 0.15) is 0 Å². The number of aliphatic hydroxyl groups is 1. The zero-order chi connectivity index (χ0) is 11.4. The Balaban J connectivity index is 2.59. The Morgan fingerprint density at radius 3 is 2.60 bits per heavy atom. The minimum Gasteiger partial charge on any atom is -0.395 e. The summed E-state index contributed by atoms with van der Waals surface area (Å²) in [5.74, 6) is 0. The summed E-state index contributed by atoms with van der Waals surface area (Å²) in [6.07, 6.45) is 0. The summed E-state index contributed by atoms with van der Waals surface area (Å²) in [5, 5.41) is 17.9. The van der Waals surface area contributed by atoms with Crippen LogP contribution in [0.25, 0.3) is 0 Å². The molecule has 1 aliphatic rings. The molecule has 1 saturated heterocycles. The second kappa shape index (κ2) is 5.45. The van der Waals surface area contributed by atoms with Gasteiger partial charge in [0, 0.05) is 31.7 Å². The van der Waals surface area contributed by atoms with Crippen molar-refractivity contribution >= 4 is 0 Å². The van der Waals surface area contributed by atoms with Gasteiger partial charge in [-0.15, -0.1) is 0 Å². The maximum absolute atomic E-state index is 8.94. The third kappa shape index (κ3) is 2.91. The van der Waals surface area contributed by atoms with Crippen LogP contribution in [0.4, 0.5) is 0 Å². The number of piperazine rings is 1. The smallest absolute Gasteiger partial charge is 0.0952 e. The van der Waals surface area contributed by atoms with Gasteiger partial charge in [0.25, 0.3) is 0 Å². The van der Waals surface area contributed by atoms with Crippen LogP contribution in [0.3, 0.4) is 0 Å². The molecule has 0 saturated carbocycles. The SMILES string of the molecule is C[C@@H]1CN([C@@H](C)C#N)[C@H](C)CN1CCO. The molecular weight excluding hydrogens is 190 g/mol. The van der Waals surface area contributed by atoms with Crippen molar-refractivity contribution in [1.82, 2.24) is 9.80 Å². The second-order valence-corrected chi connectivity index (χ2v) is 4.42. The number of nitriles is 1. The Labute approximate surface area is 92.1 Å². The van der Waals surface area contributed by atoms with Gasteiger partial charge in [-0.3, -0.25) is 9.80 Å². The van der Waals surface area contributed by atoms with Crippen molar-refractivity contribution in [3.8, 4) is 6.07 Å². The Morgan fingerprint density at radius 1 is 1.40 bits per heavy atom. The van der Waals surface area contributed by atoms with Crippen LogP contribution < -0.4 is 0 Å². The van der Waals surface area contributed by atoms with Gasteiger partial charge in [-0.05, 0) is 20.8 Å². The van der Waals surface area contributed by atoms with Crippen molar-refractivity contribution < 1.29 is 5.11 Å². The van der Waals surface area contributed by atoms with Crippen LogP contribution in [-0.2, 0) is 0 Å². The Morgan fingerprint density at radius 2 is 2.07 bits per heavy atom. The van der Waals surface area contributed by atoms with Crippen LogP contribution in [0, 0.1) is 11.3 Å². The first-order valence-electron chi connectivity index (χ1n) is 5.60. The molecule has 0 aliphatic carbocycles. The van der Waals surface area contributed by atoms with Crippen molar-refractivity contribution in [2.45, 2.75) is 38.9 Å². The van der Waals surface area contributed by atoms with Gasteiger partial charge in [-0.2, -0.15) is 5.26 Å². The lowest BCUT2D eigenvalue weighted by atomic mass is 10.1. The van der Waals surface area contributed by atoms with Gasteiger partial charge in [0.05, 0.1) is 18.7 Å². The third-order valence-corrected chi connectivity index (χ3v) is 3.23. The van der Waals surface area contributed by atoms with Gasteiger partial charge in [-0.1, -0.05) is 0 Å². The van der Waals surface area contributed by atoms with E-state index < -0.39 is 0 Å². The summed E-state index contributed by atoms with van der Waals surface area (Å²) in [6, 6.07) is 3.09. The zero-order valence-corrected chi connectivity index (χ0v) is 9.85. The first-order valence-corrected chi connectivity index (χ1v) is 5.60. The van der Waals surface area contributed by atoms with E-state index in [1.54, 1.807) is 0 Å². The van der Waals surface area contributed by atoms with E-state index >= 15 is 0 Å². The molecule has 0 aromatic rings. The largest absolute Gasteiger partial charge is 0.395 e. The molecule has 4 heteroatoms.